The summed E-state index contributed by atoms with van der Waals surface area (Å²) in [5, 5.41) is 0. The van der Waals surface area contributed by atoms with E-state index in [2.05, 4.69) is 12.7 Å². The highest BCUT2D eigenvalue weighted by Crippen LogP contribution is 2.58. The highest BCUT2D eigenvalue weighted by atomic mass is 16.5. The van der Waals surface area contributed by atoms with Crippen molar-refractivity contribution in [3.8, 4) is 5.75 Å². The fourth-order valence-corrected chi connectivity index (χ4v) is 2.71. The Labute approximate surface area is 97.1 Å². The van der Waals surface area contributed by atoms with Crippen molar-refractivity contribution >= 4 is 0 Å². The normalized spacial score (nSPS) is 35.5. The average molecular weight is 214 g/mol. The number of rotatable bonds is 5. The number of benzene rings is 1. The van der Waals surface area contributed by atoms with Gasteiger partial charge in [0.25, 0.3) is 0 Å². The molecule has 0 radical (unpaired) electrons. The van der Waals surface area contributed by atoms with Crippen molar-refractivity contribution in [2.75, 3.05) is 6.61 Å². The van der Waals surface area contributed by atoms with Gasteiger partial charge in [-0.05, 0) is 48.6 Å². The van der Waals surface area contributed by atoms with Crippen molar-refractivity contribution in [2.24, 2.45) is 23.7 Å². The first-order valence-corrected chi connectivity index (χ1v) is 6.19. The van der Waals surface area contributed by atoms with Crippen molar-refractivity contribution in [1.82, 2.24) is 0 Å². The lowest BCUT2D eigenvalue weighted by Gasteiger charge is -2.04. The van der Waals surface area contributed by atoms with Gasteiger partial charge in [0.2, 0.25) is 0 Å². The molecule has 1 heteroatoms. The zero-order valence-electron chi connectivity index (χ0n) is 9.51. The molecule has 4 atom stereocenters. The van der Waals surface area contributed by atoms with Gasteiger partial charge in [-0.3, -0.25) is 0 Å². The Kier molecular flexibility index (Phi) is 2.47. The van der Waals surface area contributed by atoms with Gasteiger partial charge in [-0.15, -0.1) is 6.58 Å². The number of allylic oxidation sites excluding steroid dienone is 1. The SMILES string of the molecule is C=C[C@H]1C[C@@H]1[C@H]1C[C@@H]1COc1ccccc1. The molecule has 1 aromatic rings. The number of ether oxygens (including phenoxy) is 1. The van der Waals surface area contributed by atoms with Gasteiger partial charge < -0.3 is 4.74 Å². The molecule has 84 valence electrons. The number of para-hydroxylation sites is 1. The lowest BCUT2D eigenvalue weighted by atomic mass is 10.2. The van der Waals surface area contributed by atoms with E-state index in [0.29, 0.717) is 0 Å². The maximum Gasteiger partial charge on any atom is 0.119 e. The largest absolute Gasteiger partial charge is 0.493 e. The fraction of sp³-hybridized carbons (Fsp3) is 0.467. The van der Waals surface area contributed by atoms with Crippen molar-refractivity contribution < 1.29 is 4.74 Å². The zero-order valence-corrected chi connectivity index (χ0v) is 9.51. The Morgan fingerprint density at radius 3 is 2.69 bits per heavy atom. The molecule has 16 heavy (non-hydrogen) atoms. The maximum absolute atomic E-state index is 5.78. The summed E-state index contributed by atoms with van der Waals surface area (Å²) < 4.78 is 5.78. The van der Waals surface area contributed by atoms with E-state index >= 15 is 0 Å². The molecule has 2 saturated carbocycles. The monoisotopic (exact) mass is 214 g/mol. The predicted octanol–water partition coefficient (Wildman–Crippen LogP) is 3.52. The first-order valence-electron chi connectivity index (χ1n) is 6.19. The van der Waals surface area contributed by atoms with E-state index in [1.807, 2.05) is 30.3 Å². The minimum absolute atomic E-state index is 0.801. The lowest BCUT2D eigenvalue weighted by molar-refractivity contribution is 0.288. The van der Waals surface area contributed by atoms with Crippen LogP contribution in [-0.2, 0) is 0 Å². The molecule has 0 amide bonds. The third-order valence-corrected chi connectivity index (χ3v) is 3.93. The number of hydrogen-bond acceptors (Lipinski definition) is 1. The molecule has 0 N–H and O–H groups in total. The van der Waals surface area contributed by atoms with Crippen molar-refractivity contribution in [3.05, 3.63) is 43.0 Å². The molecule has 0 unspecified atom stereocenters. The van der Waals surface area contributed by atoms with E-state index in [0.717, 1.165) is 36.0 Å². The van der Waals surface area contributed by atoms with Crippen molar-refractivity contribution in [3.63, 3.8) is 0 Å². The van der Waals surface area contributed by atoms with Crippen LogP contribution in [0.5, 0.6) is 5.75 Å². The molecule has 0 saturated heterocycles. The standard InChI is InChI=1S/C15H18O/c1-2-11-8-14(11)15-9-12(15)10-16-13-6-4-3-5-7-13/h2-7,11-12,14-15H,1,8-10H2/t11-,12+,14-,15-/m0/s1. The zero-order chi connectivity index (χ0) is 11.0. The van der Waals surface area contributed by atoms with Crippen LogP contribution in [0.15, 0.2) is 43.0 Å². The van der Waals surface area contributed by atoms with Crippen LogP contribution < -0.4 is 4.74 Å². The Balaban J connectivity index is 1.44. The van der Waals surface area contributed by atoms with E-state index in [-0.39, 0.29) is 0 Å². The van der Waals surface area contributed by atoms with Crippen LogP contribution in [-0.4, -0.2) is 6.61 Å². The minimum atomic E-state index is 0.801. The summed E-state index contributed by atoms with van der Waals surface area (Å²) in [6.07, 6.45) is 4.86. The summed E-state index contributed by atoms with van der Waals surface area (Å²) in [6, 6.07) is 10.1. The second kappa shape index (κ2) is 3.97. The van der Waals surface area contributed by atoms with Crippen LogP contribution in [0.1, 0.15) is 12.8 Å². The van der Waals surface area contributed by atoms with Gasteiger partial charge >= 0.3 is 0 Å². The summed E-state index contributed by atoms with van der Waals surface area (Å²) in [5.74, 6) is 4.47. The average Bonchev–Trinajstić information content (AvgIpc) is 3.21. The van der Waals surface area contributed by atoms with Gasteiger partial charge in [0.05, 0.1) is 6.61 Å². The van der Waals surface area contributed by atoms with Gasteiger partial charge in [0, 0.05) is 0 Å². The van der Waals surface area contributed by atoms with E-state index in [9.17, 15) is 0 Å². The Bertz CT molecular complexity index is 370. The third-order valence-electron chi connectivity index (χ3n) is 3.93. The molecule has 0 bridgehead atoms. The lowest BCUT2D eigenvalue weighted by Crippen LogP contribution is -2.01. The predicted molar refractivity (Wildman–Crippen MR) is 65.3 cm³/mol. The molecule has 0 aromatic heterocycles. The Morgan fingerprint density at radius 1 is 1.19 bits per heavy atom. The van der Waals surface area contributed by atoms with Gasteiger partial charge in [0.15, 0.2) is 0 Å². The Morgan fingerprint density at radius 2 is 2.00 bits per heavy atom. The molecule has 1 aromatic carbocycles. The number of hydrogen-bond donors (Lipinski definition) is 0. The highest BCUT2D eigenvalue weighted by molar-refractivity contribution is 5.21. The molecular formula is C15H18O. The van der Waals surface area contributed by atoms with Crippen molar-refractivity contribution in [1.29, 1.82) is 0 Å². The molecule has 0 heterocycles. The van der Waals surface area contributed by atoms with Gasteiger partial charge in [0.1, 0.15) is 5.75 Å². The molecular weight excluding hydrogens is 196 g/mol. The summed E-state index contributed by atoms with van der Waals surface area (Å²) >= 11 is 0. The molecule has 2 aliphatic rings. The topological polar surface area (TPSA) is 9.23 Å². The molecule has 0 spiro atoms. The van der Waals surface area contributed by atoms with Gasteiger partial charge in [-0.1, -0.05) is 24.3 Å². The van der Waals surface area contributed by atoms with Crippen LogP contribution in [0.4, 0.5) is 0 Å². The van der Waals surface area contributed by atoms with Crippen LogP contribution >= 0.6 is 0 Å². The first kappa shape index (κ1) is 9.95. The van der Waals surface area contributed by atoms with Crippen LogP contribution in [0.3, 0.4) is 0 Å². The molecule has 2 aliphatic carbocycles. The Hall–Kier alpha value is -1.24. The van der Waals surface area contributed by atoms with Crippen LogP contribution in [0.25, 0.3) is 0 Å². The van der Waals surface area contributed by atoms with E-state index < -0.39 is 0 Å². The smallest absolute Gasteiger partial charge is 0.119 e. The third kappa shape index (κ3) is 1.99. The minimum Gasteiger partial charge on any atom is -0.493 e. The second-order valence-electron chi connectivity index (χ2n) is 5.08. The molecule has 3 rings (SSSR count). The summed E-state index contributed by atoms with van der Waals surface area (Å²) in [5.41, 5.74) is 0. The maximum atomic E-state index is 5.78. The van der Waals surface area contributed by atoms with Crippen LogP contribution in [0, 0.1) is 23.7 Å². The molecule has 1 nitrogen and oxygen atoms in total. The molecule has 0 aliphatic heterocycles. The molecule has 2 fully saturated rings. The first-order chi connectivity index (χ1) is 7.88. The summed E-state index contributed by atoms with van der Waals surface area (Å²) in [4.78, 5) is 0. The van der Waals surface area contributed by atoms with Crippen LogP contribution in [0.2, 0.25) is 0 Å². The summed E-state index contributed by atoms with van der Waals surface area (Å²) in [6.45, 7) is 4.77. The van der Waals surface area contributed by atoms with Gasteiger partial charge in [-0.25, -0.2) is 0 Å². The van der Waals surface area contributed by atoms with E-state index in [1.165, 1.54) is 12.8 Å². The van der Waals surface area contributed by atoms with Crippen molar-refractivity contribution in [2.45, 2.75) is 12.8 Å². The highest BCUT2D eigenvalue weighted by Gasteiger charge is 2.52. The van der Waals surface area contributed by atoms with Gasteiger partial charge in [-0.2, -0.15) is 0 Å². The summed E-state index contributed by atoms with van der Waals surface area (Å²) in [7, 11) is 0. The van der Waals surface area contributed by atoms with E-state index in [1.54, 1.807) is 0 Å². The van der Waals surface area contributed by atoms with E-state index in [4.69, 9.17) is 4.74 Å². The fourth-order valence-electron chi connectivity index (χ4n) is 2.71. The second-order valence-corrected chi connectivity index (χ2v) is 5.08. The quantitative estimate of drug-likeness (QED) is 0.681.